The molecule has 202 valence electrons. The minimum Gasteiger partial charge on any atom is -0.0616 e. The van der Waals surface area contributed by atoms with Gasteiger partial charge in [-0.2, -0.15) is 0 Å². The zero-order valence-electron chi connectivity index (χ0n) is 24.4. The van der Waals surface area contributed by atoms with Gasteiger partial charge in [0, 0.05) is 5.41 Å². The van der Waals surface area contributed by atoms with Crippen LogP contribution in [-0.4, -0.2) is 0 Å². The highest BCUT2D eigenvalue weighted by Gasteiger charge is 2.36. The molecule has 0 amide bonds. The number of fused-ring (bicyclic) bond motifs is 8. The molecule has 8 aromatic carbocycles. The number of benzene rings is 8. The van der Waals surface area contributed by atoms with Gasteiger partial charge < -0.3 is 0 Å². The lowest BCUT2D eigenvalue weighted by Crippen LogP contribution is -2.14. The smallest absolute Gasteiger partial charge is 0.0159 e. The van der Waals surface area contributed by atoms with E-state index in [4.69, 9.17) is 0 Å². The summed E-state index contributed by atoms with van der Waals surface area (Å²) in [5, 5.41) is 10.4. The Bertz CT molecular complexity index is 2360. The Morgan fingerprint density at radius 1 is 0.349 bits per heavy atom. The van der Waals surface area contributed by atoms with Gasteiger partial charge in [0.2, 0.25) is 0 Å². The molecule has 1 aliphatic carbocycles. The van der Waals surface area contributed by atoms with Crippen molar-refractivity contribution < 1.29 is 0 Å². The zero-order chi connectivity index (χ0) is 28.7. The highest BCUT2D eigenvalue weighted by Crippen LogP contribution is 2.53. The molecule has 0 unspecified atom stereocenters. The summed E-state index contributed by atoms with van der Waals surface area (Å²) in [5.41, 5.74) is 10.7. The van der Waals surface area contributed by atoms with E-state index < -0.39 is 0 Å². The summed E-state index contributed by atoms with van der Waals surface area (Å²) in [6.45, 7) is 4.74. The fourth-order valence-corrected chi connectivity index (χ4v) is 7.85. The van der Waals surface area contributed by atoms with Crippen LogP contribution in [0.2, 0.25) is 0 Å². The Labute approximate surface area is 251 Å². The molecule has 0 heteroatoms. The predicted octanol–water partition coefficient (Wildman–Crippen LogP) is 11.9. The summed E-state index contributed by atoms with van der Waals surface area (Å²) < 4.78 is 0. The van der Waals surface area contributed by atoms with Crippen LogP contribution >= 0.6 is 0 Å². The summed E-state index contributed by atoms with van der Waals surface area (Å²) in [6, 6.07) is 54.1. The van der Waals surface area contributed by atoms with Gasteiger partial charge >= 0.3 is 0 Å². The van der Waals surface area contributed by atoms with E-state index in [1.165, 1.54) is 87.6 Å². The normalized spacial score (nSPS) is 13.5. The first-order valence-electron chi connectivity index (χ1n) is 15.2. The van der Waals surface area contributed by atoms with Crippen molar-refractivity contribution in [3.63, 3.8) is 0 Å². The van der Waals surface area contributed by atoms with Crippen LogP contribution in [0.25, 0.3) is 76.5 Å². The quantitative estimate of drug-likeness (QED) is 0.189. The summed E-state index contributed by atoms with van der Waals surface area (Å²) >= 11 is 0. The third-order valence-electron chi connectivity index (χ3n) is 9.84. The summed E-state index contributed by atoms with van der Waals surface area (Å²) in [6.07, 6.45) is 0. The Hall–Kier alpha value is -5.20. The highest BCUT2D eigenvalue weighted by molar-refractivity contribution is 6.23. The molecule has 9 rings (SSSR count). The molecule has 43 heavy (non-hydrogen) atoms. The molecular formula is C43H30. The van der Waals surface area contributed by atoms with Gasteiger partial charge in [0.05, 0.1) is 0 Å². The second-order valence-electron chi connectivity index (χ2n) is 12.5. The molecule has 0 atom stereocenters. The fraction of sp³-hybridized carbons (Fsp3) is 0.0698. The second kappa shape index (κ2) is 8.90. The Balaban J connectivity index is 1.39. The fourth-order valence-electron chi connectivity index (χ4n) is 7.85. The molecule has 0 N–H and O–H groups in total. The van der Waals surface area contributed by atoms with E-state index >= 15 is 0 Å². The Morgan fingerprint density at radius 3 is 1.53 bits per heavy atom. The molecule has 0 aromatic heterocycles. The Kier molecular flexibility index (Phi) is 5.05. The van der Waals surface area contributed by atoms with Crippen molar-refractivity contribution in [2.24, 2.45) is 0 Å². The van der Waals surface area contributed by atoms with Crippen LogP contribution in [0.3, 0.4) is 0 Å². The minimum atomic E-state index is -0.0460. The molecule has 0 saturated carbocycles. The molecular weight excluding hydrogens is 516 g/mol. The molecule has 0 heterocycles. The van der Waals surface area contributed by atoms with Crippen LogP contribution in [-0.2, 0) is 5.41 Å². The van der Waals surface area contributed by atoms with E-state index in [2.05, 4.69) is 159 Å². The largest absolute Gasteiger partial charge is 0.0616 e. The molecule has 8 aromatic rings. The van der Waals surface area contributed by atoms with E-state index in [1.54, 1.807) is 0 Å². The first kappa shape index (κ1) is 24.4. The lowest BCUT2D eigenvalue weighted by Gasteiger charge is -2.22. The van der Waals surface area contributed by atoms with E-state index in [1.807, 2.05) is 0 Å². The van der Waals surface area contributed by atoms with Crippen molar-refractivity contribution in [1.82, 2.24) is 0 Å². The van der Waals surface area contributed by atoms with Crippen molar-refractivity contribution in [1.29, 1.82) is 0 Å². The maximum absolute atomic E-state index is 2.47. The van der Waals surface area contributed by atoms with Gasteiger partial charge in [0.1, 0.15) is 0 Å². The molecule has 1 aliphatic rings. The average Bonchev–Trinajstić information content (AvgIpc) is 3.29. The van der Waals surface area contributed by atoms with Crippen LogP contribution in [0, 0.1) is 0 Å². The zero-order valence-corrected chi connectivity index (χ0v) is 24.4. The van der Waals surface area contributed by atoms with E-state index in [-0.39, 0.29) is 5.41 Å². The summed E-state index contributed by atoms with van der Waals surface area (Å²) in [7, 11) is 0. The van der Waals surface area contributed by atoms with Gasteiger partial charge in [-0.05, 0) is 93.7 Å². The van der Waals surface area contributed by atoms with E-state index in [0.29, 0.717) is 0 Å². The van der Waals surface area contributed by atoms with Crippen molar-refractivity contribution in [3.8, 4) is 33.4 Å². The predicted molar refractivity (Wildman–Crippen MR) is 185 cm³/mol. The van der Waals surface area contributed by atoms with Crippen LogP contribution in [0.15, 0.2) is 146 Å². The van der Waals surface area contributed by atoms with Gasteiger partial charge in [-0.15, -0.1) is 0 Å². The van der Waals surface area contributed by atoms with E-state index in [9.17, 15) is 0 Å². The maximum atomic E-state index is 2.47. The minimum absolute atomic E-state index is 0.0460. The highest BCUT2D eigenvalue weighted by atomic mass is 14.4. The third kappa shape index (κ3) is 3.38. The van der Waals surface area contributed by atoms with Crippen molar-refractivity contribution >= 4 is 43.1 Å². The third-order valence-corrected chi connectivity index (χ3v) is 9.84. The lowest BCUT2D eigenvalue weighted by atomic mass is 9.81. The Morgan fingerprint density at radius 2 is 0.860 bits per heavy atom. The monoisotopic (exact) mass is 546 g/mol. The molecule has 0 aliphatic heterocycles. The topological polar surface area (TPSA) is 0 Å². The summed E-state index contributed by atoms with van der Waals surface area (Å²) in [4.78, 5) is 0. The summed E-state index contributed by atoms with van der Waals surface area (Å²) in [5.74, 6) is 0. The lowest BCUT2D eigenvalue weighted by molar-refractivity contribution is 0.661. The van der Waals surface area contributed by atoms with Crippen LogP contribution in [0.1, 0.15) is 25.0 Å². The SMILES string of the molecule is CC1(C)c2ccc(-c3c4ccccc4c(-c4cccc5ccccc45)c4ccccc34)cc2-c2c1ccc1ccccc21. The standard InChI is InChI=1S/C43H30/c1-43(2)38-24-23-29(26-37(38)42-31-16-6-4-13-28(31)22-25-39(42)43)40-33-17-7-9-19-35(33)41(36-20-10-8-18-34(36)40)32-21-11-14-27-12-3-5-15-30(27)32/h3-26H,1-2H3. The maximum Gasteiger partial charge on any atom is 0.0159 e. The van der Waals surface area contributed by atoms with Crippen LogP contribution in [0.4, 0.5) is 0 Å². The van der Waals surface area contributed by atoms with Gasteiger partial charge in [0.15, 0.2) is 0 Å². The number of hydrogen-bond acceptors (Lipinski definition) is 0. The average molecular weight is 547 g/mol. The van der Waals surface area contributed by atoms with Crippen LogP contribution < -0.4 is 0 Å². The van der Waals surface area contributed by atoms with E-state index in [0.717, 1.165) is 0 Å². The molecule has 0 fully saturated rings. The van der Waals surface area contributed by atoms with Gasteiger partial charge in [-0.1, -0.05) is 153 Å². The second-order valence-corrected chi connectivity index (χ2v) is 12.5. The molecule has 0 saturated heterocycles. The molecule has 0 spiro atoms. The molecule has 0 bridgehead atoms. The van der Waals surface area contributed by atoms with Crippen molar-refractivity contribution in [2.45, 2.75) is 19.3 Å². The van der Waals surface area contributed by atoms with Gasteiger partial charge in [-0.3, -0.25) is 0 Å². The number of rotatable bonds is 2. The first-order chi connectivity index (χ1) is 21.1. The van der Waals surface area contributed by atoms with Crippen molar-refractivity contribution in [2.75, 3.05) is 0 Å². The van der Waals surface area contributed by atoms with Crippen LogP contribution in [0.5, 0.6) is 0 Å². The number of hydrogen-bond donors (Lipinski definition) is 0. The van der Waals surface area contributed by atoms with Crippen molar-refractivity contribution in [3.05, 3.63) is 157 Å². The molecule has 0 nitrogen and oxygen atoms in total. The van der Waals surface area contributed by atoms with Gasteiger partial charge in [0.25, 0.3) is 0 Å². The molecule has 0 radical (unpaired) electrons. The van der Waals surface area contributed by atoms with Gasteiger partial charge in [-0.25, -0.2) is 0 Å². The first-order valence-corrected chi connectivity index (χ1v) is 15.2.